The molecule has 0 bridgehead atoms. The predicted molar refractivity (Wildman–Crippen MR) is 108 cm³/mol. The number of carbonyl (C=O) groups is 2. The summed E-state index contributed by atoms with van der Waals surface area (Å²) < 4.78 is 35.6. The van der Waals surface area contributed by atoms with Crippen LogP contribution in [0, 0.1) is 5.92 Å². The number of methoxy groups -OCH3 is 2. The number of nitrogens with zero attached hydrogens (tertiary/aromatic N) is 1. The smallest absolute Gasteiger partial charge is 0.251 e. The van der Waals surface area contributed by atoms with Crippen molar-refractivity contribution in [3.8, 4) is 11.5 Å². The van der Waals surface area contributed by atoms with E-state index in [1.807, 2.05) is 6.07 Å². The Labute approximate surface area is 169 Å². The van der Waals surface area contributed by atoms with E-state index in [-0.39, 0.29) is 23.9 Å². The molecule has 2 amide bonds. The summed E-state index contributed by atoms with van der Waals surface area (Å²) in [5.41, 5.74) is 1.41. The van der Waals surface area contributed by atoms with Gasteiger partial charge in [0.05, 0.1) is 31.6 Å². The van der Waals surface area contributed by atoms with Gasteiger partial charge in [-0.15, -0.1) is 0 Å². The molecule has 0 aliphatic carbocycles. The number of amides is 2. The number of rotatable bonds is 6. The fraction of sp³-hybridized carbons (Fsp3) is 0.300. The molecule has 2 aromatic rings. The molecule has 0 radical (unpaired) electrons. The van der Waals surface area contributed by atoms with Crippen LogP contribution in [0.2, 0.25) is 0 Å². The van der Waals surface area contributed by atoms with E-state index in [0.29, 0.717) is 17.1 Å². The van der Waals surface area contributed by atoms with Gasteiger partial charge in [-0.3, -0.25) is 9.59 Å². The minimum atomic E-state index is -3.67. The second-order valence-electron chi connectivity index (χ2n) is 6.70. The van der Waals surface area contributed by atoms with Crippen LogP contribution in [0.15, 0.2) is 42.5 Å². The molecular weight excluding hydrogens is 396 g/mol. The fourth-order valence-corrected chi connectivity index (χ4v) is 4.93. The van der Waals surface area contributed by atoms with Crippen LogP contribution in [0.3, 0.4) is 0 Å². The molecule has 9 heteroatoms. The maximum Gasteiger partial charge on any atom is 0.251 e. The number of nitrogens with one attached hydrogen (secondary N) is 1. The molecule has 1 saturated heterocycles. The quantitative estimate of drug-likeness (QED) is 0.769. The maximum atomic E-state index is 12.4. The van der Waals surface area contributed by atoms with Crippen LogP contribution in [-0.2, 0) is 21.4 Å². The summed E-state index contributed by atoms with van der Waals surface area (Å²) in [5, 5.41) is 2.79. The van der Waals surface area contributed by atoms with Crippen molar-refractivity contribution in [2.45, 2.75) is 13.5 Å². The molecule has 1 aliphatic heterocycles. The summed E-state index contributed by atoms with van der Waals surface area (Å²) in [7, 11) is -0.587. The molecule has 2 aromatic carbocycles. The Morgan fingerprint density at radius 1 is 1.10 bits per heavy atom. The molecule has 29 heavy (non-hydrogen) atoms. The van der Waals surface area contributed by atoms with Gasteiger partial charge in [-0.2, -0.15) is 0 Å². The monoisotopic (exact) mass is 418 g/mol. The second-order valence-corrected chi connectivity index (χ2v) is 8.56. The van der Waals surface area contributed by atoms with E-state index in [0.717, 1.165) is 9.87 Å². The second kappa shape index (κ2) is 8.12. The zero-order chi connectivity index (χ0) is 21.2. The molecule has 154 valence electrons. The first-order valence-electron chi connectivity index (χ1n) is 8.93. The summed E-state index contributed by atoms with van der Waals surface area (Å²) in [4.78, 5) is 24.6. The normalized spacial score (nSPS) is 17.8. The largest absolute Gasteiger partial charge is 0.493 e. The van der Waals surface area contributed by atoms with E-state index in [4.69, 9.17) is 9.47 Å². The van der Waals surface area contributed by atoms with Crippen molar-refractivity contribution < 1.29 is 27.5 Å². The van der Waals surface area contributed by atoms with Gasteiger partial charge in [0.2, 0.25) is 15.9 Å². The first-order valence-corrected chi connectivity index (χ1v) is 10.5. The van der Waals surface area contributed by atoms with Crippen LogP contribution in [0.1, 0.15) is 22.8 Å². The van der Waals surface area contributed by atoms with Gasteiger partial charge in [-0.05, 0) is 42.0 Å². The minimum absolute atomic E-state index is 0.209. The third-order valence-corrected chi connectivity index (χ3v) is 6.49. The number of sulfonamides is 1. The van der Waals surface area contributed by atoms with E-state index in [9.17, 15) is 18.0 Å². The summed E-state index contributed by atoms with van der Waals surface area (Å²) in [6.45, 7) is 1.85. The Balaban J connectivity index is 1.69. The topological polar surface area (TPSA) is 102 Å². The molecule has 1 fully saturated rings. The first-order chi connectivity index (χ1) is 13.8. The van der Waals surface area contributed by atoms with Gasteiger partial charge in [0.25, 0.3) is 5.91 Å². The maximum absolute atomic E-state index is 12.4. The lowest BCUT2D eigenvalue weighted by Crippen LogP contribution is -2.30. The van der Waals surface area contributed by atoms with E-state index < -0.39 is 21.8 Å². The highest BCUT2D eigenvalue weighted by atomic mass is 32.2. The molecule has 1 atom stereocenters. The van der Waals surface area contributed by atoms with Gasteiger partial charge in [-0.1, -0.05) is 13.0 Å². The van der Waals surface area contributed by atoms with E-state index in [1.54, 1.807) is 26.2 Å². The molecule has 0 spiro atoms. The lowest BCUT2D eigenvalue weighted by Gasteiger charge is -2.15. The number of benzene rings is 2. The first kappa shape index (κ1) is 20.7. The fourth-order valence-electron chi connectivity index (χ4n) is 3.11. The van der Waals surface area contributed by atoms with Gasteiger partial charge >= 0.3 is 0 Å². The molecule has 1 N–H and O–H groups in total. The highest BCUT2D eigenvalue weighted by Crippen LogP contribution is 2.29. The summed E-state index contributed by atoms with van der Waals surface area (Å²) in [5.74, 6) is -0.414. The van der Waals surface area contributed by atoms with Crippen molar-refractivity contribution in [3.05, 3.63) is 53.6 Å². The average Bonchev–Trinajstić information content (AvgIpc) is 2.92. The Morgan fingerprint density at radius 2 is 1.76 bits per heavy atom. The van der Waals surface area contributed by atoms with Crippen LogP contribution in [-0.4, -0.2) is 40.2 Å². The molecule has 1 heterocycles. The molecule has 0 aromatic heterocycles. The number of ether oxygens (including phenoxy) is 2. The highest BCUT2D eigenvalue weighted by Gasteiger charge is 2.41. The van der Waals surface area contributed by atoms with Crippen LogP contribution in [0.25, 0.3) is 0 Å². The Morgan fingerprint density at radius 3 is 2.31 bits per heavy atom. The van der Waals surface area contributed by atoms with Crippen molar-refractivity contribution in [2.75, 3.05) is 24.3 Å². The molecule has 0 saturated carbocycles. The van der Waals surface area contributed by atoms with Crippen molar-refractivity contribution in [1.82, 2.24) is 5.32 Å². The van der Waals surface area contributed by atoms with Gasteiger partial charge in [0.15, 0.2) is 11.5 Å². The summed E-state index contributed by atoms with van der Waals surface area (Å²) in [6, 6.07) is 11.2. The van der Waals surface area contributed by atoms with Gasteiger partial charge in [0, 0.05) is 12.1 Å². The van der Waals surface area contributed by atoms with Gasteiger partial charge in [0.1, 0.15) is 0 Å². The van der Waals surface area contributed by atoms with Crippen LogP contribution >= 0.6 is 0 Å². The lowest BCUT2D eigenvalue weighted by molar-refractivity contribution is -0.119. The van der Waals surface area contributed by atoms with Gasteiger partial charge in [-0.25, -0.2) is 12.7 Å². The van der Waals surface area contributed by atoms with Crippen molar-refractivity contribution in [2.24, 2.45) is 5.92 Å². The molecule has 8 nitrogen and oxygen atoms in total. The Hall–Kier alpha value is -3.07. The van der Waals surface area contributed by atoms with Crippen LogP contribution < -0.4 is 19.1 Å². The third-order valence-electron chi connectivity index (χ3n) is 4.63. The number of hydrogen-bond donors (Lipinski definition) is 1. The molecule has 1 aliphatic rings. The Kier molecular flexibility index (Phi) is 5.78. The zero-order valence-corrected chi connectivity index (χ0v) is 17.2. The van der Waals surface area contributed by atoms with Crippen LogP contribution in [0.4, 0.5) is 5.69 Å². The molecule has 3 rings (SSSR count). The zero-order valence-electron chi connectivity index (χ0n) is 16.3. The Bertz CT molecular complexity index is 1030. The van der Waals surface area contributed by atoms with E-state index in [2.05, 4.69) is 5.32 Å². The molecular formula is C20H22N2O6S. The van der Waals surface area contributed by atoms with Crippen molar-refractivity contribution in [3.63, 3.8) is 0 Å². The van der Waals surface area contributed by atoms with E-state index in [1.165, 1.54) is 31.4 Å². The third kappa shape index (κ3) is 4.19. The average molecular weight is 418 g/mol. The summed E-state index contributed by atoms with van der Waals surface area (Å²) in [6.07, 6.45) is 0. The number of hydrogen-bond acceptors (Lipinski definition) is 6. The number of carbonyl (C=O) groups excluding carboxylic acids is 2. The number of anilines is 1. The van der Waals surface area contributed by atoms with Crippen LogP contribution in [0.5, 0.6) is 11.5 Å². The highest BCUT2D eigenvalue weighted by molar-refractivity contribution is 7.94. The standard InChI is InChI=1S/C20H22N2O6S/c1-13-12-29(25,26)22(20(13)24)16-7-5-15(6-8-16)19(23)21-11-14-4-9-17(27-2)18(10-14)28-3/h4-10,13H,11-12H2,1-3H3,(H,21,23)/t13-/m1/s1. The minimum Gasteiger partial charge on any atom is -0.493 e. The lowest BCUT2D eigenvalue weighted by atomic mass is 10.1. The summed E-state index contributed by atoms with van der Waals surface area (Å²) >= 11 is 0. The van der Waals surface area contributed by atoms with Crippen molar-refractivity contribution in [1.29, 1.82) is 0 Å². The van der Waals surface area contributed by atoms with Crippen molar-refractivity contribution >= 4 is 27.5 Å². The molecule has 0 unspecified atom stereocenters. The predicted octanol–water partition coefficient (Wildman–Crippen LogP) is 1.95. The van der Waals surface area contributed by atoms with E-state index >= 15 is 0 Å². The SMILES string of the molecule is COc1ccc(CNC(=O)c2ccc(N3C(=O)[C@H](C)CS3(=O)=O)cc2)cc1OC. The van der Waals surface area contributed by atoms with Gasteiger partial charge < -0.3 is 14.8 Å².